The highest BCUT2D eigenvalue weighted by atomic mass is 16.2. The first kappa shape index (κ1) is 26.7. The van der Waals surface area contributed by atoms with Crippen LogP contribution in [0.1, 0.15) is 6.92 Å². The predicted octanol–water partition coefficient (Wildman–Crippen LogP) is 2.86. The number of amidine groups is 1. The largest absolute Gasteiger partial charge is 0.365 e. The van der Waals surface area contributed by atoms with Crippen LogP contribution in [0, 0.1) is 0 Å². The number of carbonyl (C=O) groups excluding carboxylic acids is 3. The summed E-state index contributed by atoms with van der Waals surface area (Å²) in [5.74, 6) is -0.0294. The van der Waals surface area contributed by atoms with Gasteiger partial charge in [-0.1, -0.05) is 54.6 Å². The summed E-state index contributed by atoms with van der Waals surface area (Å²) < 4.78 is 0. The maximum atomic E-state index is 11.8. The molecule has 9 heteroatoms. The monoisotopic (exact) mass is 474 g/mol. The minimum atomic E-state index is -0.212. The molecule has 3 aromatic carbocycles. The van der Waals surface area contributed by atoms with Crippen LogP contribution in [0.3, 0.4) is 0 Å². The zero-order valence-electron chi connectivity index (χ0n) is 19.5. The van der Waals surface area contributed by atoms with Crippen molar-refractivity contribution < 1.29 is 14.4 Å². The van der Waals surface area contributed by atoms with Gasteiger partial charge in [0.2, 0.25) is 17.7 Å². The van der Waals surface area contributed by atoms with Crippen LogP contribution in [0.15, 0.2) is 96.0 Å². The van der Waals surface area contributed by atoms with Gasteiger partial charge in [-0.15, -0.1) is 0 Å². The third-order valence-corrected chi connectivity index (χ3v) is 4.32. The van der Waals surface area contributed by atoms with Crippen molar-refractivity contribution in [3.8, 4) is 0 Å². The quantitative estimate of drug-likeness (QED) is 0.252. The number of anilines is 3. The van der Waals surface area contributed by atoms with Crippen LogP contribution in [-0.2, 0) is 14.4 Å². The summed E-state index contributed by atoms with van der Waals surface area (Å²) in [5, 5.41) is 11.0. The van der Waals surface area contributed by atoms with E-state index in [2.05, 4.69) is 26.3 Å². The molecule has 182 valence electrons. The molecule has 0 saturated heterocycles. The van der Waals surface area contributed by atoms with Crippen LogP contribution >= 0.6 is 0 Å². The van der Waals surface area contributed by atoms with E-state index in [9.17, 15) is 14.4 Å². The fourth-order valence-electron chi connectivity index (χ4n) is 2.64. The molecule has 0 unspecified atom stereocenters. The average Bonchev–Trinajstić information content (AvgIpc) is 2.88. The Morgan fingerprint density at radius 1 is 0.657 bits per heavy atom. The summed E-state index contributed by atoms with van der Waals surface area (Å²) in [6, 6.07) is 27.6. The molecule has 0 saturated carbocycles. The molecule has 3 rings (SSSR count). The SMILES string of the molecule is CC(=NCC(=O)Nc1ccccc1)NCC(=O)Nc1ccccc1.NCC(=O)Nc1ccccc1. The van der Waals surface area contributed by atoms with Gasteiger partial charge in [0.05, 0.1) is 18.9 Å². The Bertz CT molecular complexity index is 1090. The Balaban J connectivity index is 0.000000328. The molecule has 3 amide bonds. The number of nitrogens with one attached hydrogen (secondary N) is 4. The number of rotatable bonds is 8. The average molecular weight is 475 g/mol. The molecule has 0 aromatic heterocycles. The lowest BCUT2D eigenvalue weighted by atomic mass is 10.3. The van der Waals surface area contributed by atoms with E-state index in [0.717, 1.165) is 17.1 Å². The second kappa shape index (κ2) is 15.4. The lowest BCUT2D eigenvalue weighted by Crippen LogP contribution is -2.32. The van der Waals surface area contributed by atoms with Gasteiger partial charge in [0.25, 0.3) is 0 Å². The highest BCUT2D eigenvalue weighted by Gasteiger charge is 2.04. The van der Waals surface area contributed by atoms with Gasteiger partial charge >= 0.3 is 0 Å². The van der Waals surface area contributed by atoms with Crippen LogP contribution in [0.25, 0.3) is 0 Å². The summed E-state index contributed by atoms with van der Waals surface area (Å²) >= 11 is 0. The van der Waals surface area contributed by atoms with Gasteiger partial charge in [0, 0.05) is 17.1 Å². The molecule has 0 atom stereocenters. The van der Waals surface area contributed by atoms with E-state index in [1.165, 1.54) is 0 Å². The van der Waals surface area contributed by atoms with E-state index < -0.39 is 0 Å². The molecule has 0 aliphatic carbocycles. The number of hydrogen-bond donors (Lipinski definition) is 5. The van der Waals surface area contributed by atoms with Gasteiger partial charge < -0.3 is 27.0 Å². The minimum absolute atomic E-state index is 0.00592. The molecule has 3 aromatic rings. The lowest BCUT2D eigenvalue weighted by Gasteiger charge is -2.07. The Kier molecular flexibility index (Phi) is 11.7. The predicted molar refractivity (Wildman–Crippen MR) is 140 cm³/mol. The third-order valence-electron chi connectivity index (χ3n) is 4.32. The van der Waals surface area contributed by atoms with Crippen molar-refractivity contribution in [1.29, 1.82) is 0 Å². The molecule has 0 bridgehead atoms. The molecule has 0 aliphatic heterocycles. The molecule has 0 fully saturated rings. The van der Waals surface area contributed by atoms with Crippen LogP contribution in [0.2, 0.25) is 0 Å². The van der Waals surface area contributed by atoms with E-state index in [1.807, 2.05) is 78.9 Å². The molecule has 0 aliphatic rings. The Morgan fingerprint density at radius 2 is 1.06 bits per heavy atom. The van der Waals surface area contributed by atoms with E-state index >= 15 is 0 Å². The van der Waals surface area contributed by atoms with Crippen molar-refractivity contribution in [2.75, 3.05) is 35.6 Å². The number of carbonyl (C=O) groups is 3. The lowest BCUT2D eigenvalue weighted by molar-refractivity contribution is -0.115. The van der Waals surface area contributed by atoms with Crippen molar-refractivity contribution in [2.24, 2.45) is 10.7 Å². The topological polar surface area (TPSA) is 138 Å². The van der Waals surface area contributed by atoms with Crippen molar-refractivity contribution in [1.82, 2.24) is 5.32 Å². The molecule has 0 radical (unpaired) electrons. The number of nitrogens with zero attached hydrogens (tertiary/aromatic N) is 1. The normalized spacial score (nSPS) is 10.3. The molecule has 0 heterocycles. The van der Waals surface area contributed by atoms with Crippen LogP contribution in [0.5, 0.6) is 0 Å². The Morgan fingerprint density at radius 3 is 1.49 bits per heavy atom. The second-order valence-corrected chi connectivity index (χ2v) is 7.20. The molecule has 9 nitrogen and oxygen atoms in total. The van der Waals surface area contributed by atoms with E-state index in [-0.39, 0.29) is 37.4 Å². The zero-order chi connectivity index (χ0) is 25.3. The highest BCUT2D eigenvalue weighted by Crippen LogP contribution is 2.05. The fraction of sp³-hybridized carbons (Fsp3) is 0.154. The fourth-order valence-corrected chi connectivity index (χ4v) is 2.64. The summed E-state index contributed by atoms with van der Waals surface area (Å²) in [7, 11) is 0. The van der Waals surface area contributed by atoms with Crippen molar-refractivity contribution >= 4 is 40.6 Å². The Hall–Kier alpha value is -4.50. The molecular formula is C26H30N6O3. The van der Waals surface area contributed by atoms with Crippen LogP contribution in [-0.4, -0.2) is 43.2 Å². The minimum Gasteiger partial charge on any atom is -0.365 e. The number of hydrogen-bond acceptors (Lipinski definition) is 5. The van der Waals surface area contributed by atoms with Gasteiger partial charge in [0.15, 0.2) is 0 Å². The molecule has 0 spiro atoms. The van der Waals surface area contributed by atoms with E-state index in [0.29, 0.717) is 5.84 Å². The van der Waals surface area contributed by atoms with Crippen LogP contribution in [0.4, 0.5) is 17.1 Å². The number of para-hydroxylation sites is 3. The summed E-state index contributed by atoms with van der Waals surface area (Å²) in [5.41, 5.74) is 7.35. The van der Waals surface area contributed by atoms with Crippen molar-refractivity contribution in [3.05, 3.63) is 91.0 Å². The number of nitrogens with two attached hydrogens (primary N) is 1. The Labute approximate surface area is 204 Å². The zero-order valence-corrected chi connectivity index (χ0v) is 19.5. The molecular weight excluding hydrogens is 444 g/mol. The standard InChI is InChI=1S/C18H20N4O2.C8H10N2O/c1-14(19-12-17(23)21-15-8-4-2-5-9-15)20-13-18(24)22-16-10-6-3-7-11-16;9-6-8(11)10-7-4-2-1-3-5-7/h2-11H,12-13H2,1H3,(H,19,20)(H,21,23)(H,22,24);1-5H,6,9H2,(H,10,11). The number of aliphatic imine (C=N–C) groups is 1. The first-order valence-corrected chi connectivity index (χ1v) is 11.0. The molecule has 35 heavy (non-hydrogen) atoms. The smallest absolute Gasteiger partial charge is 0.246 e. The summed E-state index contributed by atoms with van der Waals surface area (Å²) in [6.07, 6.45) is 0. The van der Waals surface area contributed by atoms with Crippen molar-refractivity contribution in [2.45, 2.75) is 6.92 Å². The third kappa shape index (κ3) is 11.8. The van der Waals surface area contributed by atoms with Crippen molar-refractivity contribution in [3.63, 3.8) is 0 Å². The maximum Gasteiger partial charge on any atom is 0.246 e. The second-order valence-electron chi connectivity index (χ2n) is 7.20. The number of benzene rings is 3. The van der Waals surface area contributed by atoms with Gasteiger partial charge in [-0.25, -0.2) is 0 Å². The van der Waals surface area contributed by atoms with Gasteiger partial charge in [-0.05, 0) is 43.3 Å². The van der Waals surface area contributed by atoms with Gasteiger partial charge in [-0.2, -0.15) is 0 Å². The first-order chi connectivity index (χ1) is 17.0. The summed E-state index contributed by atoms with van der Waals surface area (Å²) in [6.45, 7) is 1.82. The van der Waals surface area contributed by atoms with Gasteiger partial charge in [-0.3, -0.25) is 19.4 Å². The van der Waals surface area contributed by atoms with Gasteiger partial charge in [0.1, 0.15) is 6.54 Å². The molecule has 6 N–H and O–H groups in total. The first-order valence-electron chi connectivity index (χ1n) is 11.0. The maximum absolute atomic E-state index is 11.8. The van der Waals surface area contributed by atoms with Crippen LogP contribution < -0.4 is 27.0 Å². The highest BCUT2D eigenvalue weighted by molar-refractivity contribution is 5.96. The van der Waals surface area contributed by atoms with E-state index in [1.54, 1.807) is 19.1 Å². The number of amides is 3. The van der Waals surface area contributed by atoms with E-state index in [4.69, 9.17) is 5.73 Å². The summed E-state index contributed by atoms with van der Waals surface area (Å²) in [4.78, 5) is 38.4.